The van der Waals surface area contributed by atoms with Gasteiger partial charge in [-0.05, 0) is 42.5 Å². The molecule has 0 aromatic heterocycles. The summed E-state index contributed by atoms with van der Waals surface area (Å²) < 4.78 is 47.8. The first-order valence-electron chi connectivity index (χ1n) is 6.07. The number of aromatic carboxylic acids is 1. The second kappa shape index (κ2) is 5.97. The number of methoxy groups -OCH3 is 1. The zero-order valence-corrected chi connectivity index (χ0v) is 11.3. The topological polar surface area (TPSA) is 55.8 Å². The molecule has 2 rings (SSSR count). The number of benzene rings is 2. The lowest BCUT2D eigenvalue weighted by atomic mass is 10.2. The molecule has 0 aliphatic heterocycles. The maximum absolute atomic E-state index is 12.5. The predicted octanol–water partition coefficient (Wildman–Crippen LogP) is 4.20. The predicted molar refractivity (Wildman–Crippen MR) is 71.5 cm³/mol. The standard InChI is InChI=1S/C15H11F3O4/c1-21-13-8-9(14(19)20)2-7-12(13)22-11-5-3-10(4-6-11)15(16,17)18/h2-8H,1H3,(H,19,20). The first kappa shape index (κ1) is 15.7. The highest BCUT2D eigenvalue weighted by Crippen LogP contribution is 2.34. The fourth-order valence-corrected chi connectivity index (χ4v) is 1.72. The molecule has 0 aliphatic rings. The highest BCUT2D eigenvalue weighted by atomic mass is 19.4. The summed E-state index contributed by atoms with van der Waals surface area (Å²) in [6, 6.07) is 8.09. The zero-order chi connectivity index (χ0) is 16.3. The molecule has 1 N–H and O–H groups in total. The van der Waals surface area contributed by atoms with Crippen molar-refractivity contribution in [2.24, 2.45) is 0 Å². The van der Waals surface area contributed by atoms with Crippen LogP contribution < -0.4 is 9.47 Å². The number of halogens is 3. The monoisotopic (exact) mass is 312 g/mol. The number of hydrogen-bond acceptors (Lipinski definition) is 3. The molecule has 0 radical (unpaired) electrons. The van der Waals surface area contributed by atoms with Gasteiger partial charge in [0.1, 0.15) is 5.75 Å². The molecule has 0 fully saturated rings. The Morgan fingerprint density at radius 3 is 2.18 bits per heavy atom. The lowest BCUT2D eigenvalue weighted by molar-refractivity contribution is -0.137. The van der Waals surface area contributed by atoms with Crippen LogP contribution in [-0.4, -0.2) is 18.2 Å². The van der Waals surface area contributed by atoms with Crippen molar-refractivity contribution in [3.8, 4) is 17.2 Å². The summed E-state index contributed by atoms with van der Waals surface area (Å²) in [6.45, 7) is 0. The maximum atomic E-state index is 12.5. The Balaban J connectivity index is 2.25. The Morgan fingerprint density at radius 1 is 1.05 bits per heavy atom. The Morgan fingerprint density at radius 2 is 1.68 bits per heavy atom. The Hall–Kier alpha value is -2.70. The molecule has 0 amide bonds. The van der Waals surface area contributed by atoms with E-state index in [4.69, 9.17) is 14.6 Å². The van der Waals surface area contributed by atoms with Crippen molar-refractivity contribution >= 4 is 5.97 Å². The van der Waals surface area contributed by atoms with Crippen LogP contribution in [0.2, 0.25) is 0 Å². The molecule has 0 heterocycles. The van der Waals surface area contributed by atoms with Crippen molar-refractivity contribution in [2.45, 2.75) is 6.18 Å². The van der Waals surface area contributed by atoms with E-state index < -0.39 is 17.7 Å². The van der Waals surface area contributed by atoms with Gasteiger partial charge in [0.25, 0.3) is 0 Å². The van der Waals surface area contributed by atoms with Crippen LogP contribution >= 0.6 is 0 Å². The molecule has 4 nitrogen and oxygen atoms in total. The first-order valence-corrected chi connectivity index (χ1v) is 6.07. The van der Waals surface area contributed by atoms with E-state index in [-0.39, 0.29) is 22.8 Å². The Kier molecular flexibility index (Phi) is 4.25. The Labute approximate surface area is 123 Å². The quantitative estimate of drug-likeness (QED) is 0.919. The molecular weight excluding hydrogens is 301 g/mol. The summed E-state index contributed by atoms with van der Waals surface area (Å²) >= 11 is 0. The number of carboxylic acids is 1. The molecule has 0 atom stereocenters. The van der Waals surface area contributed by atoms with Crippen LogP contribution in [0.3, 0.4) is 0 Å². The molecule has 2 aromatic rings. The van der Waals surface area contributed by atoms with E-state index in [9.17, 15) is 18.0 Å². The summed E-state index contributed by atoms with van der Waals surface area (Å²) in [5, 5.41) is 8.89. The van der Waals surface area contributed by atoms with Crippen LogP contribution in [-0.2, 0) is 6.18 Å². The number of alkyl halides is 3. The van der Waals surface area contributed by atoms with Gasteiger partial charge in [-0.1, -0.05) is 0 Å². The van der Waals surface area contributed by atoms with Crippen molar-refractivity contribution in [2.75, 3.05) is 7.11 Å². The molecule has 116 valence electrons. The normalized spacial score (nSPS) is 11.1. The van der Waals surface area contributed by atoms with Crippen molar-refractivity contribution in [3.63, 3.8) is 0 Å². The highest BCUT2D eigenvalue weighted by Gasteiger charge is 2.30. The van der Waals surface area contributed by atoms with Gasteiger partial charge in [-0.15, -0.1) is 0 Å². The second-order valence-corrected chi connectivity index (χ2v) is 4.29. The van der Waals surface area contributed by atoms with E-state index in [1.165, 1.54) is 37.4 Å². The van der Waals surface area contributed by atoms with Gasteiger partial charge in [-0.25, -0.2) is 4.79 Å². The van der Waals surface area contributed by atoms with Gasteiger partial charge in [-0.2, -0.15) is 13.2 Å². The molecule has 0 unspecified atom stereocenters. The fourth-order valence-electron chi connectivity index (χ4n) is 1.72. The minimum atomic E-state index is -4.42. The minimum Gasteiger partial charge on any atom is -0.493 e. The summed E-state index contributed by atoms with van der Waals surface area (Å²) in [5.74, 6) is -0.583. The number of rotatable bonds is 4. The molecular formula is C15H11F3O4. The van der Waals surface area contributed by atoms with E-state index >= 15 is 0 Å². The summed E-state index contributed by atoms with van der Waals surface area (Å²) in [4.78, 5) is 10.9. The summed E-state index contributed by atoms with van der Waals surface area (Å²) in [6.07, 6.45) is -4.42. The van der Waals surface area contributed by atoms with Gasteiger partial charge in [0.2, 0.25) is 0 Å². The molecule has 0 aliphatic carbocycles. The van der Waals surface area contributed by atoms with E-state index in [1.54, 1.807) is 0 Å². The van der Waals surface area contributed by atoms with Gasteiger partial charge in [0, 0.05) is 0 Å². The van der Waals surface area contributed by atoms with Crippen molar-refractivity contribution < 1.29 is 32.5 Å². The van der Waals surface area contributed by atoms with Gasteiger partial charge in [0.15, 0.2) is 11.5 Å². The molecule has 0 bridgehead atoms. The lowest BCUT2D eigenvalue weighted by Gasteiger charge is -2.12. The molecule has 0 saturated heterocycles. The average molecular weight is 312 g/mol. The Bertz CT molecular complexity index is 678. The van der Waals surface area contributed by atoms with Crippen LogP contribution in [0.15, 0.2) is 42.5 Å². The largest absolute Gasteiger partial charge is 0.493 e. The van der Waals surface area contributed by atoms with Gasteiger partial charge in [-0.3, -0.25) is 0 Å². The maximum Gasteiger partial charge on any atom is 0.416 e. The third-order valence-electron chi connectivity index (χ3n) is 2.82. The number of carboxylic acid groups (broad SMARTS) is 1. The second-order valence-electron chi connectivity index (χ2n) is 4.29. The van der Waals surface area contributed by atoms with Gasteiger partial charge >= 0.3 is 12.1 Å². The summed E-state index contributed by atoms with van der Waals surface area (Å²) in [5.41, 5.74) is -0.773. The third kappa shape index (κ3) is 3.49. The van der Waals surface area contributed by atoms with Gasteiger partial charge in [0.05, 0.1) is 18.2 Å². The van der Waals surface area contributed by atoms with E-state index in [1.807, 2.05) is 0 Å². The molecule has 0 spiro atoms. The van der Waals surface area contributed by atoms with Crippen LogP contribution in [0.25, 0.3) is 0 Å². The number of ether oxygens (including phenoxy) is 2. The smallest absolute Gasteiger partial charge is 0.416 e. The molecule has 22 heavy (non-hydrogen) atoms. The molecule has 2 aromatic carbocycles. The summed E-state index contributed by atoms with van der Waals surface area (Å²) in [7, 11) is 1.33. The fraction of sp³-hybridized carbons (Fsp3) is 0.133. The molecule has 0 saturated carbocycles. The van der Waals surface area contributed by atoms with Gasteiger partial charge < -0.3 is 14.6 Å². The van der Waals surface area contributed by atoms with Crippen LogP contribution in [0.4, 0.5) is 13.2 Å². The minimum absolute atomic E-state index is 0.0108. The number of carbonyl (C=O) groups is 1. The van der Waals surface area contributed by atoms with E-state index in [0.717, 1.165) is 12.1 Å². The SMILES string of the molecule is COc1cc(C(=O)O)ccc1Oc1ccc(C(F)(F)F)cc1. The van der Waals surface area contributed by atoms with E-state index in [2.05, 4.69) is 0 Å². The molecule has 7 heteroatoms. The zero-order valence-electron chi connectivity index (χ0n) is 11.3. The van der Waals surface area contributed by atoms with Crippen LogP contribution in [0.1, 0.15) is 15.9 Å². The van der Waals surface area contributed by atoms with Crippen LogP contribution in [0.5, 0.6) is 17.2 Å². The average Bonchev–Trinajstić information content (AvgIpc) is 2.47. The lowest BCUT2D eigenvalue weighted by Crippen LogP contribution is -2.04. The van der Waals surface area contributed by atoms with Crippen molar-refractivity contribution in [1.29, 1.82) is 0 Å². The van der Waals surface area contributed by atoms with Crippen molar-refractivity contribution in [1.82, 2.24) is 0 Å². The van der Waals surface area contributed by atoms with Crippen LogP contribution in [0, 0.1) is 0 Å². The third-order valence-corrected chi connectivity index (χ3v) is 2.82. The van der Waals surface area contributed by atoms with E-state index in [0.29, 0.717) is 0 Å². The van der Waals surface area contributed by atoms with Crippen molar-refractivity contribution in [3.05, 3.63) is 53.6 Å². The first-order chi connectivity index (χ1) is 10.3. The highest BCUT2D eigenvalue weighted by molar-refractivity contribution is 5.88. The number of hydrogen-bond donors (Lipinski definition) is 1.